The molecule has 2 nitrogen and oxygen atoms in total. The molecule has 0 rings (SSSR count). The third-order valence-corrected chi connectivity index (χ3v) is 0.888. The Morgan fingerprint density at radius 1 is 2.00 bits per heavy atom. The van der Waals surface area contributed by atoms with E-state index in [1.54, 1.807) is 6.92 Å². The number of rotatable bonds is 3. The molecule has 1 N–H and O–H groups in total. The summed E-state index contributed by atoms with van der Waals surface area (Å²) in [5, 5.41) is 8.80. The molecule has 1 atom stereocenters. The van der Waals surface area contributed by atoms with Gasteiger partial charge >= 0.3 is 0 Å². The molecule has 0 aromatic rings. The summed E-state index contributed by atoms with van der Waals surface area (Å²) >= 11 is 0. The molecule has 2 heteroatoms. The lowest BCUT2D eigenvalue weighted by Crippen LogP contribution is -2.06. The van der Waals surface area contributed by atoms with Crippen LogP contribution >= 0.6 is 0 Å². The number of aliphatic hydroxyl groups is 1. The summed E-state index contributed by atoms with van der Waals surface area (Å²) < 4.78 is 0. The molecule has 0 radical (unpaired) electrons. The number of carbonyl (C=O) groups excluding carboxylic acids is 1. The molecular weight excluding hydrogens is 104 g/mol. The van der Waals surface area contributed by atoms with Crippen LogP contribution in [0.5, 0.6) is 0 Å². The minimum Gasteiger partial charge on any atom is -0.388 e. The van der Waals surface area contributed by atoms with E-state index in [4.69, 9.17) is 5.11 Å². The molecule has 0 saturated heterocycles. The zero-order valence-corrected chi connectivity index (χ0v) is 4.92. The Kier molecular flexibility index (Phi) is 3.12. The van der Waals surface area contributed by atoms with Crippen molar-refractivity contribution in [3.63, 3.8) is 0 Å². The largest absolute Gasteiger partial charge is 0.388 e. The van der Waals surface area contributed by atoms with Crippen molar-refractivity contribution in [3.05, 3.63) is 12.2 Å². The first-order chi connectivity index (χ1) is 3.68. The van der Waals surface area contributed by atoms with Crippen molar-refractivity contribution in [2.45, 2.75) is 19.4 Å². The predicted octanol–water partition coefficient (Wildman–Crippen LogP) is 0.512. The molecule has 0 aliphatic rings. The van der Waals surface area contributed by atoms with Gasteiger partial charge in [-0.2, -0.15) is 0 Å². The van der Waals surface area contributed by atoms with E-state index in [2.05, 4.69) is 6.58 Å². The number of hydrogen-bond donors (Lipinski definition) is 1. The normalized spacial score (nSPS) is 12.8. The number of aldehydes is 1. The minimum atomic E-state index is -0.646. The van der Waals surface area contributed by atoms with E-state index in [-0.39, 0.29) is 6.42 Å². The van der Waals surface area contributed by atoms with Gasteiger partial charge in [0, 0.05) is 6.42 Å². The predicted molar refractivity (Wildman–Crippen MR) is 31.5 cm³/mol. The maximum Gasteiger partial charge on any atom is 0.122 e. The van der Waals surface area contributed by atoms with Crippen LogP contribution in [0.1, 0.15) is 13.3 Å². The fourth-order valence-corrected chi connectivity index (χ4v) is 0.292. The van der Waals surface area contributed by atoms with Gasteiger partial charge in [-0.15, -0.1) is 0 Å². The number of hydrogen-bond acceptors (Lipinski definition) is 2. The second-order valence-electron chi connectivity index (χ2n) is 1.76. The van der Waals surface area contributed by atoms with Crippen LogP contribution in [-0.4, -0.2) is 17.5 Å². The molecule has 0 aromatic carbocycles. The molecule has 0 heterocycles. The molecule has 0 aliphatic heterocycles. The van der Waals surface area contributed by atoms with Crippen LogP contribution in [0.3, 0.4) is 0 Å². The van der Waals surface area contributed by atoms with Crippen LogP contribution in [0.2, 0.25) is 0 Å². The van der Waals surface area contributed by atoms with Gasteiger partial charge in [-0.05, 0) is 6.92 Å². The van der Waals surface area contributed by atoms with Crippen LogP contribution in [0.4, 0.5) is 0 Å². The SMILES string of the molecule is C=C(C)C(O)CC=O. The Balaban J connectivity index is 3.46. The zero-order chi connectivity index (χ0) is 6.57. The standard InChI is InChI=1S/C6H10O2/c1-5(2)6(8)3-4-7/h4,6,8H,1,3H2,2H3. The van der Waals surface area contributed by atoms with Gasteiger partial charge in [0.1, 0.15) is 6.29 Å². The summed E-state index contributed by atoms with van der Waals surface area (Å²) in [5.74, 6) is 0. The van der Waals surface area contributed by atoms with Gasteiger partial charge in [0.25, 0.3) is 0 Å². The summed E-state index contributed by atoms with van der Waals surface area (Å²) in [6.07, 6.45) is 0.196. The molecule has 0 bridgehead atoms. The fraction of sp³-hybridized carbons (Fsp3) is 0.500. The quantitative estimate of drug-likeness (QED) is 0.429. The van der Waals surface area contributed by atoms with Crippen LogP contribution in [0.25, 0.3) is 0 Å². The van der Waals surface area contributed by atoms with E-state index in [0.29, 0.717) is 11.9 Å². The highest BCUT2D eigenvalue weighted by atomic mass is 16.3. The van der Waals surface area contributed by atoms with Crippen LogP contribution in [0.15, 0.2) is 12.2 Å². The maximum absolute atomic E-state index is 9.72. The van der Waals surface area contributed by atoms with Crippen molar-refractivity contribution in [1.82, 2.24) is 0 Å². The lowest BCUT2D eigenvalue weighted by Gasteiger charge is -2.02. The van der Waals surface area contributed by atoms with Gasteiger partial charge in [0.05, 0.1) is 6.10 Å². The van der Waals surface area contributed by atoms with Gasteiger partial charge in [0.2, 0.25) is 0 Å². The van der Waals surface area contributed by atoms with Gasteiger partial charge in [-0.3, -0.25) is 0 Å². The first-order valence-corrected chi connectivity index (χ1v) is 2.45. The summed E-state index contributed by atoms with van der Waals surface area (Å²) in [4.78, 5) is 9.72. The highest BCUT2D eigenvalue weighted by Gasteiger charge is 2.00. The van der Waals surface area contributed by atoms with E-state index in [9.17, 15) is 4.79 Å². The Morgan fingerprint density at radius 3 is 2.62 bits per heavy atom. The summed E-state index contributed by atoms with van der Waals surface area (Å²) in [7, 11) is 0. The van der Waals surface area contributed by atoms with Gasteiger partial charge < -0.3 is 9.90 Å². The van der Waals surface area contributed by atoms with E-state index in [1.807, 2.05) is 0 Å². The minimum absolute atomic E-state index is 0.162. The smallest absolute Gasteiger partial charge is 0.122 e. The van der Waals surface area contributed by atoms with Crippen molar-refractivity contribution in [2.75, 3.05) is 0 Å². The van der Waals surface area contributed by atoms with E-state index in [0.717, 1.165) is 0 Å². The zero-order valence-electron chi connectivity index (χ0n) is 4.92. The lowest BCUT2D eigenvalue weighted by molar-refractivity contribution is -0.109. The van der Waals surface area contributed by atoms with E-state index in [1.165, 1.54) is 0 Å². The maximum atomic E-state index is 9.72. The Morgan fingerprint density at radius 2 is 2.50 bits per heavy atom. The second-order valence-corrected chi connectivity index (χ2v) is 1.76. The summed E-state index contributed by atoms with van der Waals surface area (Å²) in [5.41, 5.74) is 0.636. The Labute approximate surface area is 48.8 Å². The van der Waals surface area contributed by atoms with Crippen molar-refractivity contribution in [3.8, 4) is 0 Å². The van der Waals surface area contributed by atoms with Gasteiger partial charge in [0.15, 0.2) is 0 Å². The van der Waals surface area contributed by atoms with Crippen molar-refractivity contribution >= 4 is 6.29 Å². The molecule has 1 unspecified atom stereocenters. The molecule has 46 valence electrons. The molecule has 0 saturated carbocycles. The summed E-state index contributed by atoms with van der Waals surface area (Å²) in [6.45, 7) is 5.15. The average molecular weight is 114 g/mol. The highest BCUT2D eigenvalue weighted by molar-refractivity contribution is 5.51. The number of aliphatic hydroxyl groups excluding tert-OH is 1. The monoisotopic (exact) mass is 114 g/mol. The Hall–Kier alpha value is -0.630. The first kappa shape index (κ1) is 7.37. The second kappa shape index (κ2) is 3.38. The molecule has 0 aliphatic carbocycles. The fourth-order valence-electron chi connectivity index (χ4n) is 0.292. The molecule has 8 heavy (non-hydrogen) atoms. The molecule has 0 amide bonds. The average Bonchev–Trinajstić information content (AvgIpc) is 1.67. The van der Waals surface area contributed by atoms with Gasteiger partial charge in [-0.1, -0.05) is 12.2 Å². The van der Waals surface area contributed by atoms with E-state index >= 15 is 0 Å². The van der Waals surface area contributed by atoms with Crippen LogP contribution in [0, 0.1) is 0 Å². The number of carbonyl (C=O) groups is 1. The first-order valence-electron chi connectivity index (χ1n) is 2.45. The van der Waals surface area contributed by atoms with E-state index < -0.39 is 6.10 Å². The van der Waals surface area contributed by atoms with Crippen molar-refractivity contribution in [2.24, 2.45) is 0 Å². The third kappa shape index (κ3) is 2.53. The highest BCUT2D eigenvalue weighted by Crippen LogP contribution is 1.98. The summed E-state index contributed by atoms with van der Waals surface area (Å²) in [6, 6.07) is 0. The molecule has 0 fully saturated rings. The Bertz CT molecular complexity index is 96.7. The van der Waals surface area contributed by atoms with Crippen molar-refractivity contribution in [1.29, 1.82) is 0 Å². The topological polar surface area (TPSA) is 37.3 Å². The van der Waals surface area contributed by atoms with Crippen LogP contribution in [-0.2, 0) is 4.79 Å². The van der Waals surface area contributed by atoms with Gasteiger partial charge in [-0.25, -0.2) is 0 Å². The molecular formula is C6H10O2. The third-order valence-electron chi connectivity index (χ3n) is 0.888. The molecule has 0 aromatic heterocycles. The molecule has 0 spiro atoms. The lowest BCUT2D eigenvalue weighted by atomic mass is 10.1. The van der Waals surface area contributed by atoms with Crippen LogP contribution < -0.4 is 0 Å². The van der Waals surface area contributed by atoms with Crippen molar-refractivity contribution < 1.29 is 9.90 Å².